The maximum Gasteiger partial charge on any atom is 0.344 e. The Kier molecular flexibility index (Phi) is 7.02. The lowest BCUT2D eigenvalue weighted by Crippen LogP contribution is -2.13. The minimum absolute atomic E-state index is 0.0667. The average molecular weight is 482 g/mol. The van der Waals surface area contributed by atoms with Crippen LogP contribution in [0.25, 0.3) is 6.08 Å². The molecule has 0 saturated heterocycles. The predicted octanol–water partition coefficient (Wildman–Crippen LogP) is 5.87. The van der Waals surface area contributed by atoms with Crippen LogP contribution in [0.4, 0.5) is 5.69 Å². The molecule has 1 N–H and O–H groups in total. The molecule has 0 aliphatic heterocycles. The molecule has 148 valence electrons. The zero-order chi connectivity index (χ0) is 21.5. The van der Waals surface area contributed by atoms with Gasteiger partial charge in [-0.05, 0) is 76.1 Å². The molecule has 5 nitrogen and oxygen atoms in total. The van der Waals surface area contributed by atoms with Crippen LogP contribution < -0.4 is 10.1 Å². The molecule has 7 heteroatoms. The van der Waals surface area contributed by atoms with Crippen molar-refractivity contribution in [2.24, 2.45) is 0 Å². The number of ether oxygens (including phenoxy) is 1. The number of halogens is 2. The summed E-state index contributed by atoms with van der Waals surface area (Å²) in [7, 11) is 0. The number of hydrogen-bond acceptors (Lipinski definition) is 4. The first-order valence-electron chi connectivity index (χ1n) is 8.72. The molecular weight excluding hydrogens is 468 g/mol. The van der Waals surface area contributed by atoms with Crippen molar-refractivity contribution in [3.05, 3.63) is 99.0 Å². The first-order valence-corrected chi connectivity index (χ1v) is 9.89. The van der Waals surface area contributed by atoms with Crippen molar-refractivity contribution in [1.82, 2.24) is 0 Å². The summed E-state index contributed by atoms with van der Waals surface area (Å²) in [6.45, 7) is 0. The van der Waals surface area contributed by atoms with Crippen LogP contribution in [-0.2, 0) is 4.79 Å². The van der Waals surface area contributed by atoms with Crippen LogP contribution in [-0.4, -0.2) is 11.9 Å². The monoisotopic (exact) mass is 480 g/mol. The lowest BCUT2D eigenvalue weighted by atomic mass is 10.1. The molecular formula is C23H14BrClN2O3. The Morgan fingerprint density at radius 2 is 1.67 bits per heavy atom. The van der Waals surface area contributed by atoms with E-state index in [1.807, 2.05) is 6.07 Å². The second-order valence-electron chi connectivity index (χ2n) is 6.07. The van der Waals surface area contributed by atoms with E-state index in [0.29, 0.717) is 32.1 Å². The van der Waals surface area contributed by atoms with Crippen molar-refractivity contribution in [3.8, 4) is 11.8 Å². The third kappa shape index (κ3) is 5.57. The number of nitriles is 1. The first kappa shape index (κ1) is 21.3. The Morgan fingerprint density at radius 1 is 1.00 bits per heavy atom. The summed E-state index contributed by atoms with van der Waals surface area (Å²) < 4.78 is 6.00. The third-order valence-corrected chi connectivity index (χ3v) is 4.91. The molecule has 0 unspecified atom stereocenters. The standard InChI is InChI=1S/C23H14BrClN2O3/c24-21-4-2-1-3-20(21)23(29)30-19-11-5-15(6-12-19)13-16(14-26)22(28)27-18-9-7-17(25)8-10-18/h1-13H,(H,27,28)/b16-13-. The van der Waals surface area contributed by atoms with E-state index in [1.54, 1.807) is 72.8 Å². The molecule has 0 bridgehead atoms. The smallest absolute Gasteiger partial charge is 0.344 e. The third-order valence-electron chi connectivity index (χ3n) is 3.96. The molecule has 0 aliphatic rings. The number of amides is 1. The number of hydrogen-bond donors (Lipinski definition) is 1. The van der Waals surface area contributed by atoms with Crippen LogP contribution in [0, 0.1) is 11.3 Å². The summed E-state index contributed by atoms with van der Waals surface area (Å²) in [6, 6.07) is 21.9. The lowest BCUT2D eigenvalue weighted by molar-refractivity contribution is -0.112. The van der Waals surface area contributed by atoms with Crippen molar-refractivity contribution in [2.45, 2.75) is 0 Å². The topological polar surface area (TPSA) is 79.2 Å². The van der Waals surface area contributed by atoms with Gasteiger partial charge in [0.15, 0.2) is 0 Å². The SMILES string of the molecule is N#C/C(=C/c1ccc(OC(=O)c2ccccc2Br)cc1)C(=O)Nc1ccc(Cl)cc1. The van der Waals surface area contributed by atoms with Gasteiger partial charge in [-0.25, -0.2) is 4.79 Å². The largest absolute Gasteiger partial charge is 0.423 e. The Hall–Kier alpha value is -3.40. The first-order chi connectivity index (χ1) is 14.5. The van der Waals surface area contributed by atoms with E-state index in [2.05, 4.69) is 21.2 Å². The Morgan fingerprint density at radius 3 is 2.30 bits per heavy atom. The van der Waals surface area contributed by atoms with Crippen LogP contribution in [0.2, 0.25) is 5.02 Å². The van der Waals surface area contributed by atoms with Crippen molar-refractivity contribution in [1.29, 1.82) is 5.26 Å². The van der Waals surface area contributed by atoms with Gasteiger partial charge in [-0.1, -0.05) is 35.9 Å². The Bertz CT molecular complexity index is 1150. The van der Waals surface area contributed by atoms with Crippen LogP contribution in [0.5, 0.6) is 5.75 Å². The fourth-order valence-electron chi connectivity index (χ4n) is 2.47. The highest BCUT2D eigenvalue weighted by molar-refractivity contribution is 9.10. The van der Waals surface area contributed by atoms with E-state index in [1.165, 1.54) is 6.08 Å². The molecule has 1 amide bonds. The molecule has 3 aromatic rings. The van der Waals surface area contributed by atoms with Gasteiger partial charge in [0.2, 0.25) is 0 Å². The molecule has 0 spiro atoms. The Balaban J connectivity index is 1.69. The fraction of sp³-hybridized carbons (Fsp3) is 0. The van der Waals surface area contributed by atoms with Gasteiger partial charge in [-0.15, -0.1) is 0 Å². The van der Waals surface area contributed by atoms with Gasteiger partial charge in [0.1, 0.15) is 17.4 Å². The van der Waals surface area contributed by atoms with Gasteiger partial charge >= 0.3 is 5.97 Å². The van der Waals surface area contributed by atoms with Gasteiger partial charge in [0.05, 0.1) is 5.56 Å². The predicted molar refractivity (Wildman–Crippen MR) is 119 cm³/mol. The summed E-state index contributed by atoms with van der Waals surface area (Å²) in [4.78, 5) is 24.6. The molecule has 30 heavy (non-hydrogen) atoms. The van der Waals surface area contributed by atoms with Crippen molar-refractivity contribution in [3.63, 3.8) is 0 Å². The molecule has 0 heterocycles. The number of rotatable bonds is 5. The van der Waals surface area contributed by atoms with Crippen LogP contribution in [0.1, 0.15) is 15.9 Å². The number of esters is 1. The number of anilines is 1. The molecule has 3 rings (SSSR count). The second kappa shape index (κ2) is 9.88. The van der Waals surface area contributed by atoms with E-state index in [9.17, 15) is 14.9 Å². The number of nitrogens with zero attached hydrogens (tertiary/aromatic N) is 1. The molecule has 0 atom stereocenters. The normalized spacial score (nSPS) is 10.8. The van der Waals surface area contributed by atoms with Crippen molar-refractivity contribution >= 4 is 51.2 Å². The van der Waals surface area contributed by atoms with E-state index < -0.39 is 11.9 Å². The highest BCUT2D eigenvalue weighted by atomic mass is 79.9. The summed E-state index contributed by atoms with van der Waals surface area (Å²) in [6.07, 6.45) is 1.45. The quantitative estimate of drug-likeness (QED) is 0.214. The number of carbonyl (C=O) groups is 2. The van der Waals surface area contributed by atoms with Gasteiger partial charge in [0.25, 0.3) is 5.91 Å². The molecule has 0 fully saturated rings. The van der Waals surface area contributed by atoms with E-state index in [-0.39, 0.29) is 5.57 Å². The van der Waals surface area contributed by atoms with E-state index in [0.717, 1.165) is 0 Å². The zero-order valence-corrected chi connectivity index (χ0v) is 17.8. The van der Waals surface area contributed by atoms with E-state index >= 15 is 0 Å². The lowest BCUT2D eigenvalue weighted by Gasteiger charge is -2.07. The van der Waals surface area contributed by atoms with Gasteiger partial charge < -0.3 is 10.1 Å². The molecule has 0 aromatic heterocycles. The summed E-state index contributed by atoms with van der Waals surface area (Å²) in [5.41, 5.74) is 1.48. The number of carbonyl (C=O) groups excluding carboxylic acids is 2. The van der Waals surface area contributed by atoms with Gasteiger partial charge in [-0.2, -0.15) is 5.26 Å². The number of nitrogens with one attached hydrogen (secondary N) is 1. The summed E-state index contributed by atoms with van der Waals surface area (Å²) >= 11 is 9.14. The van der Waals surface area contributed by atoms with Gasteiger partial charge in [-0.3, -0.25) is 4.79 Å². The zero-order valence-electron chi connectivity index (χ0n) is 15.4. The van der Waals surface area contributed by atoms with Crippen molar-refractivity contribution in [2.75, 3.05) is 5.32 Å². The van der Waals surface area contributed by atoms with Crippen LogP contribution in [0.3, 0.4) is 0 Å². The average Bonchev–Trinajstić information content (AvgIpc) is 2.75. The minimum Gasteiger partial charge on any atom is -0.423 e. The highest BCUT2D eigenvalue weighted by Gasteiger charge is 2.12. The molecule has 0 radical (unpaired) electrons. The minimum atomic E-state index is -0.538. The fourth-order valence-corrected chi connectivity index (χ4v) is 3.04. The van der Waals surface area contributed by atoms with Crippen LogP contribution in [0.15, 0.2) is 82.8 Å². The van der Waals surface area contributed by atoms with Crippen LogP contribution >= 0.6 is 27.5 Å². The summed E-state index contributed by atoms with van der Waals surface area (Å²) in [5, 5.41) is 12.5. The van der Waals surface area contributed by atoms with Crippen molar-refractivity contribution < 1.29 is 14.3 Å². The molecule has 0 aliphatic carbocycles. The molecule has 0 saturated carbocycles. The highest BCUT2D eigenvalue weighted by Crippen LogP contribution is 2.21. The van der Waals surface area contributed by atoms with Gasteiger partial charge in [0, 0.05) is 15.2 Å². The molecule has 3 aromatic carbocycles. The Labute approximate surface area is 186 Å². The maximum atomic E-state index is 12.3. The van der Waals surface area contributed by atoms with E-state index in [4.69, 9.17) is 16.3 Å². The maximum absolute atomic E-state index is 12.3. The summed E-state index contributed by atoms with van der Waals surface area (Å²) in [5.74, 6) is -0.688. The number of benzene rings is 3. The second-order valence-corrected chi connectivity index (χ2v) is 7.36.